The van der Waals surface area contributed by atoms with Gasteiger partial charge in [0.1, 0.15) is 0 Å². The lowest BCUT2D eigenvalue weighted by Crippen LogP contribution is -2.32. The molecular formula is C26H34N2S2. The lowest BCUT2D eigenvalue weighted by Gasteiger charge is -2.39. The van der Waals surface area contributed by atoms with Crippen LogP contribution in [0, 0.1) is 23.7 Å². The zero-order valence-electron chi connectivity index (χ0n) is 18.2. The van der Waals surface area contributed by atoms with Crippen LogP contribution >= 0.6 is 23.5 Å². The minimum Gasteiger partial charge on any atom is -0.372 e. The Morgan fingerprint density at radius 3 is 1.40 bits per heavy atom. The van der Waals surface area contributed by atoms with E-state index >= 15 is 0 Å². The third kappa shape index (κ3) is 3.43. The number of hydrogen-bond acceptors (Lipinski definition) is 4. The first-order valence-corrected chi connectivity index (χ1v) is 13.9. The van der Waals surface area contributed by atoms with E-state index in [-0.39, 0.29) is 0 Å². The zero-order valence-corrected chi connectivity index (χ0v) is 19.9. The van der Waals surface area contributed by atoms with Crippen molar-refractivity contribution in [1.82, 2.24) is 0 Å². The maximum atomic E-state index is 3.95. The van der Waals surface area contributed by atoms with Crippen molar-refractivity contribution < 1.29 is 0 Å². The van der Waals surface area contributed by atoms with Gasteiger partial charge in [0.05, 0.1) is 10.7 Å². The van der Waals surface area contributed by atoms with Gasteiger partial charge in [-0.3, -0.25) is 0 Å². The number of anilines is 2. The molecule has 0 amide bonds. The van der Waals surface area contributed by atoms with Gasteiger partial charge < -0.3 is 10.6 Å². The molecule has 2 aliphatic carbocycles. The summed E-state index contributed by atoms with van der Waals surface area (Å²) in [4.78, 5) is 2.97. The standard InChI is InChI=1S/C26H34N2S2/c1-15-3-7-17(8-4-15)25-27-19-11-14-22-24-20(12-13-21(29-25)23(19)24)28-26(30-22)18-9-5-16(2)6-10-18/h11-18,25-28H,3-10H2,1-2H3. The molecule has 2 aromatic rings. The van der Waals surface area contributed by atoms with Crippen LogP contribution in [0.2, 0.25) is 0 Å². The largest absolute Gasteiger partial charge is 0.372 e. The molecule has 2 saturated carbocycles. The summed E-state index contributed by atoms with van der Waals surface area (Å²) in [7, 11) is 0. The summed E-state index contributed by atoms with van der Waals surface area (Å²) in [5.41, 5.74) is 2.72. The molecule has 30 heavy (non-hydrogen) atoms. The van der Waals surface area contributed by atoms with E-state index in [2.05, 4.69) is 72.3 Å². The molecule has 2 unspecified atom stereocenters. The van der Waals surface area contributed by atoms with Gasteiger partial charge in [0.2, 0.25) is 0 Å². The first-order chi connectivity index (χ1) is 14.7. The van der Waals surface area contributed by atoms with Crippen LogP contribution in [-0.2, 0) is 0 Å². The molecule has 6 rings (SSSR count). The number of thioether (sulfide) groups is 2. The molecule has 2 heterocycles. The van der Waals surface area contributed by atoms with Gasteiger partial charge in [-0.25, -0.2) is 0 Å². The Bertz CT molecular complexity index is 814. The summed E-state index contributed by atoms with van der Waals surface area (Å²) < 4.78 is 0. The minimum atomic E-state index is 0.533. The highest BCUT2D eigenvalue weighted by molar-refractivity contribution is 8.00. The van der Waals surface area contributed by atoms with Gasteiger partial charge in [-0.15, -0.1) is 23.5 Å². The topological polar surface area (TPSA) is 24.1 Å². The van der Waals surface area contributed by atoms with E-state index in [1.807, 2.05) is 0 Å². The van der Waals surface area contributed by atoms with Crippen LogP contribution in [0.1, 0.15) is 65.2 Å². The third-order valence-electron chi connectivity index (χ3n) is 8.16. The minimum absolute atomic E-state index is 0.533. The van der Waals surface area contributed by atoms with Crippen LogP contribution in [0.25, 0.3) is 10.8 Å². The number of rotatable bonds is 2. The SMILES string of the molecule is CC1CCC(C2Nc3ccc4c5c(ccc(c35)S2)NC(C2CCC(C)CC2)S4)CC1. The molecule has 0 bridgehead atoms. The van der Waals surface area contributed by atoms with Crippen molar-refractivity contribution in [2.75, 3.05) is 10.6 Å². The molecule has 0 saturated heterocycles. The van der Waals surface area contributed by atoms with Crippen molar-refractivity contribution in [3.05, 3.63) is 24.3 Å². The van der Waals surface area contributed by atoms with Gasteiger partial charge in [-0.1, -0.05) is 39.5 Å². The maximum Gasteiger partial charge on any atom is 0.0797 e. The van der Waals surface area contributed by atoms with E-state index in [0.717, 1.165) is 23.7 Å². The second-order valence-electron chi connectivity index (χ2n) is 10.4. The molecular weight excluding hydrogens is 404 g/mol. The smallest absolute Gasteiger partial charge is 0.0797 e. The summed E-state index contributed by atoms with van der Waals surface area (Å²) >= 11 is 4.18. The van der Waals surface area contributed by atoms with Gasteiger partial charge in [-0.05, 0) is 73.6 Å². The third-order valence-corrected chi connectivity index (χ3v) is 10.9. The van der Waals surface area contributed by atoms with Crippen LogP contribution < -0.4 is 10.6 Å². The summed E-state index contributed by atoms with van der Waals surface area (Å²) in [5, 5.41) is 11.9. The highest BCUT2D eigenvalue weighted by Crippen LogP contribution is 2.53. The second-order valence-corrected chi connectivity index (χ2v) is 12.7. The Morgan fingerprint density at radius 1 is 0.600 bits per heavy atom. The van der Waals surface area contributed by atoms with E-state index in [0.29, 0.717) is 10.7 Å². The molecule has 2 aromatic carbocycles. The van der Waals surface area contributed by atoms with Crippen molar-refractivity contribution in [3.63, 3.8) is 0 Å². The summed E-state index contributed by atoms with van der Waals surface area (Å²) in [5.74, 6) is 3.42. The fourth-order valence-electron chi connectivity index (χ4n) is 6.11. The Hall–Kier alpha value is -1.000. The van der Waals surface area contributed by atoms with Gasteiger partial charge in [0.25, 0.3) is 0 Å². The average Bonchev–Trinajstić information content (AvgIpc) is 2.78. The van der Waals surface area contributed by atoms with E-state index < -0.39 is 0 Å². The normalized spacial score (nSPS) is 35.5. The lowest BCUT2D eigenvalue weighted by atomic mass is 9.82. The highest BCUT2D eigenvalue weighted by Gasteiger charge is 2.34. The van der Waals surface area contributed by atoms with Crippen molar-refractivity contribution in [1.29, 1.82) is 0 Å². The predicted octanol–water partition coefficient (Wildman–Crippen LogP) is 8.18. The molecule has 2 fully saturated rings. The monoisotopic (exact) mass is 438 g/mol. The van der Waals surface area contributed by atoms with Crippen molar-refractivity contribution in [2.24, 2.45) is 23.7 Å². The van der Waals surface area contributed by atoms with Crippen molar-refractivity contribution in [2.45, 2.75) is 85.8 Å². The van der Waals surface area contributed by atoms with E-state index in [9.17, 15) is 0 Å². The number of hydrogen-bond donors (Lipinski definition) is 2. The van der Waals surface area contributed by atoms with Crippen LogP contribution in [0.4, 0.5) is 11.4 Å². The number of benzene rings is 2. The molecule has 0 radical (unpaired) electrons. The Morgan fingerprint density at radius 2 is 1.00 bits per heavy atom. The lowest BCUT2D eigenvalue weighted by molar-refractivity contribution is 0.291. The van der Waals surface area contributed by atoms with Crippen LogP contribution in [-0.4, -0.2) is 10.7 Å². The first kappa shape index (κ1) is 19.7. The molecule has 2 aliphatic heterocycles. The molecule has 4 heteroatoms. The van der Waals surface area contributed by atoms with Gasteiger partial charge in [0, 0.05) is 31.9 Å². The first-order valence-electron chi connectivity index (χ1n) is 12.1. The fourth-order valence-corrected chi connectivity index (χ4v) is 8.92. The summed E-state index contributed by atoms with van der Waals surface area (Å²) in [6.45, 7) is 4.84. The predicted molar refractivity (Wildman–Crippen MR) is 133 cm³/mol. The maximum absolute atomic E-state index is 3.95. The van der Waals surface area contributed by atoms with Gasteiger partial charge in [0.15, 0.2) is 0 Å². The van der Waals surface area contributed by atoms with Crippen molar-refractivity contribution in [3.8, 4) is 0 Å². The quantitative estimate of drug-likeness (QED) is 0.493. The fraction of sp³-hybridized carbons (Fsp3) is 0.615. The van der Waals surface area contributed by atoms with E-state index in [4.69, 9.17) is 0 Å². The second kappa shape index (κ2) is 7.85. The molecule has 2 nitrogen and oxygen atoms in total. The Labute approximate surface area is 189 Å². The van der Waals surface area contributed by atoms with Crippen molar-refractivity contribution >= 4 is 45.7 Å². The van der Waals surface area contributed by atoms with Crippen LogP contribution in [0.3, 0.4) is 0 Å². The summed E-state index contributed by atoms with van der Waals surface area (Å²) in [6.07, 6.45) is 11.1. The van der Waals surface area contributed by atoms with E-state index in [1.54, 1.807) is 0 Å². The van der Waals surface area contributed by atoms with Gasteiger partial charge in [-0.2, -0.15) is 0 Å². The number of nitrogens with one attached hydrogen (secondary N) is 2. The molecule has 0 spiro atoms. The molecule has 160 valence electrons. The molecule has 0 aromatic heterocycles. The molecule has 2 atom stereocenters. The van der Waals surface area contributed by atoms with Crippen LogP contribution in [0.15, 0.2) is 34.1 Å². The summed E-state index contributed by atoms with van der Waals surface area (Å²) in [6, 6.07) is 9.55. The van der Waals surface area contributed by atoms with Crippen LogP contribution in [0.5, 0.6) is 0 Å². The zero-order chi connectivity index (χ0) is 20.2. The molecule has 2 N–H and O–H groups in total. The average molecular weight is 439 g/mol. The molecule has 4 aliphatic rings. The van der Waals surface area contributed by atoms with Gasteiger partial charge >= 0.3 is 0 Å². The Kier molecular flexibility index (Phi) is 5.14. The van der Waals surface area contributed by atoms with E-state index in [1.165, 1.54) is 83.3 Å². The Balaban J connectivity index is 1.28. The highest BCUT2D eigenvalue weighted by atomic mass is 32.2.